The number of rotatable bonds is 5. The molecule has 2 unspecified atom stereocenters. The van der Waals surface area contributed by atoms with E-state index >= 15 is 0 Å². The summed E-state index contributed by atoms with van der Waals surface area (Å²) >= 11 is 0. The lowest BCUT2D eigenvalue weighted by molar-refractivity contribution is -0.148. The smallest absolute Gasteiger partial charge is 0.326 e. The molecule has 2 amide bonds. The number of carbonyl (C=O) groups excluding carboxylic acids is 2. The minimum Gasteiger partial charge on any atom is -0.497 e. The molecule has 0 aromatic heterocycles. The van der Waals surface area contributed by atoms with Crippen LogP contribution in [-0.2, 0) is 9.59 Å². The zero-order valence-corrected chi connectivity index (χ0v) is 13.1. The maximum atomic E-state index is 12.4. The minimum absolute atomic E-state index is 0.378. The maximum Gasteiger partial charge on any atom is 0.326 e. The fourth-order valence-electron chi connectivity index (χ4n) is 2.62. The SMILES string of the molecule is COc1ccc(C(=O)NC(C)C(=O)N2CCCC2C(=O)O)cc1. The Morgan fingerprint density at radius 3 is 2.52 bits per heavy atom. The van der Waals surface area contributed by atoms with E-state index in [0.29, 0.717) is 30.7 Å². The molecule has 0 aliphatic carbocycles. The Morgan fingerprint density at radius 2 is 1.96 bits per heavy atom. The number of nitrogens with one attached hydrogen (secondary N) is 1. The molecular weight excluding hydrogens is 300 g/mol. The Balaban J connectivity index is 1.99. The van der Waals surface area contributed by atoms with E-state index in [1.165, 1.54) is 12.0 Å². The van der Waals surface area contributed by atoms with Crippen LogP contribution in [0, 0.1) is 0 Å². The van der Waals surface area contributed by atoms with Crippen molar-refractivity contribution in [3.05, 3.63) is 29.8 Å². The fourth-order valence-corrected chi connectivity index (χ4v) is 2.62. The van der Waals surface area contributed by atoms with Crippen LogP contribution in [-0.4, -0.2) is 53.5 Å². The molecule has 1 fully saturated rings. The van der Waals surface area contributed by atoms with Gasteiger partial charge in [-0.3, -0.25) is 9.59 Å². The molecule has 23 heavy (non-hydrogen) atoms. The molecule has 124 valence electrons. The van der Waals surface area contributed by atoms with E-state index in [1.807, 2.05) is 0 Å². The van der Waals surface area contributed by atoms with Gasteiger partial charge in [0.25, 0.3) is 5.91 Å². The van der Waals surface area contributed by atoms with Crippen LogP contribution in [0.3, 0.4) is 0 Å². The number of hydrogen-bond donors (Lipinski definition) is 2. The standard InChI is InChI=1S/C16H20N2O5/c1-10(15(20)18-9-3-4-13(18)16(21)22)17-14(19)11-5-7-12(23-2)8-6-11/h5-8,10,13H,3-4,9H2,1-2H3,(H,17,19)(H,21,22). The molecule has 2 atom stereocenters. The van der Waals surface area contributed by atoms with E-state index in [0.717, 1.165) is 0 Å². The number of benzene rings is 1. The average molecular weight is 320 g/mol. The van der Waals surface area contributed by atoms with Gasteiger partial charge in [-0.05, 0) is 44.0 Å². The number of methoxy groups -OCH3 is 1. The number of aliphatic carboxylic acids is 1. The van der Waals surface area contributed by atoms with Crippen LogP contribution >= 0.6 is 0 Å². The van der Waals surface area contributed by atoms with Crippen molar-refractivity contribution in [2.45, 2.75) is 31.8 Å². The number of ether oxygens (including phenoxy) is 1. The highest BCUT2D eigenvalue weighted by molar-refractivity contribution is 5.98. The van der Waals surface area contributed by atoms with Gasteiger partial charge in [0.15, 0.2) is 0 Å². The van der Waals surface area contributed by atoms with Crippen molar-refractivity contribution in [3.8, 4) is 5.75 Å². The predicted octanol–water partition coefficient (Wildman–Crippen LogP) is 0.889. The van der Waals surface area contributed by atoms with Crippen molar-refractivity contribution in [1.82, 2.24) is 10.2 Å². The van der Waals surface area contributed by atoms with Crippen LogP contribution in [0.15, 0.2) is 24.3 Å². The van der Waals surface area contributed by atoms with E-state index in [1.54, 1.807) is 31.2 Å². The highest BCUT2D eigenvalue weighted by atomic mass is 16.5. The highest BCUT2D eigenvalue weighted by Crippen LogP contribution is 2.18. The van der Waals surface area contributed by atoms with Crippen LogP contribution in [0.4, 0.5) is 0 Å². The van der Waals surface area contributed by atoms with Gasteiger partial charge < -0.3 is 20.1 Å². The average Bonchev–Trinajstić information content (AvgIpc) is 3.03. The number of likely N-dealkylation sites (tertiary alicyclic amines) is 1. The molecule has 0 radical (unpaired) electrons. The summed E-state index contributed by atoms with van der Waals surface area (Å²) in [5.74, 6) is -1.15. The van der Waals surface area contributed by atoms with Crippen molar-refractivity contribution in [1.29, 1.82) is 0 Å². The minimum atomic E-state index is -1.01. The normalized spacial score (nSPS) is 18.3. The molecule has 1 aromatic rings. The van der Waals surface area contributed by atoms with Crippen molar-refractivity contribution in [3.63, 3.8) is 0 Å². The molecule has 0 saturated carbocycles. The molecular formula is C16H20N2O5. The van der Waals surface area contributed by atoms with Gasteiger partial charge in [0.05, 0.1) is 7.11 Å². The molecule has 1 saturated heterocycles. The molecule has 0 spiro atoms. The summed E-state index contributed by atoms with van der Waals surface area (Å²) in [6.45, 7) is 1.96. The number of nitrogens with zero attached hydrogens (tertiary/aromatic N) is 1. The lowest BCUT2D eigenvalue weighted by Gasteiger charge is -2.25. The second-order valence-corrected chi connectivity index (χ2v) is 5.45. The zero-order chi connectivity index (χ0) is 17.0. The van der Waals surface area contributed by atoms with E-state index in [4.69, 9.17) is 9.84 Å². The Bertz CT molecular complexity index is 599. The number of amides is 2. The van der Waals surface area contributed by atoms with Crippen molar-refractivity contribution in [2.24, 2.45) is 0 Å². The second-order valence-electron chi connectivity index (χ2n) is 5.45. The molecule has 1 aromatic carbocycles. The molecule has 1 aliphatic rings. The van der Waals surface area contributed by atoms with Crippen LogP contribution < -0.4 is 10.1 Å². The molecule has 7 nitrogen and oxygen atoms in total. The Labute approximate surface area is 134 Å². The van der Waals surface area contributed by atoms with E-state index in [9.17, 15) is 14.4 Å². The third-order valence-electron chi connectivity index (χ3n) is 3.89. The topological polar surface area (TPSA) is 95.9 Å². The monoisotopic (exact) mass is 320 g/mol. The summed E-state index contributed by atoms with van der Waals surface area (Å²) in [5, 5.41) is 11.7. The maximum absolute atomic E-state index is 12.4. The fraction of sp³-hybridized carbons (Fsp3) is 0.438. The summed E-state index contributed by atoms with van der Waals surface area (Å²) in [7, 11) is 1.53. The van der Waals surface area contributed by atoms with Gasteiger partial charge >= 0.3 is 5.97 Å². The summed E-state index contributed by atoms with van der Waals surface area (Å²) < 4.78 is 5.02. The van der Waals surface area contributed by atoms with Gasteiger partial charge in [-0.2, -0.15) is 0 Å². The van der Waals surface area contributed by atoms with Gasteiger partial charge in [0.1, 0.15) is 17.8 Å². The first-order valence-corrected chi connectivity index (χ1v) is 7.42. The summed E-state index contributed by atoms with van der Waals surface area (Å²) in [5.41, 5.74) is 0.404. The number of carbonyl (C=O) groups is 3. The molecule has 7 heteroatoms. The summed E-state index contributed by atoms with van der Waals surface area (Å²) in [6, 6.07) is 4.92. The van der Waals surface area contributed by atoms with Gasteiger partial charge in [0, 0.05) is 12.1 Å². The van der Waals surface area contributed by atoms with Crippen molar-refractivity contribution >= 4 is 17.8 Å². The lowest BCUT2D eigenvalue weighted by Crippen LogP contribution is -2.50. The van der Waals surface area contributed by atoms with Crippen molar-refractivity contribution in [2.75, 3.05) is 13.7 Å². The molecule has 2 N–H and O–H groups in total. The lowest BCUT2D eigenvalue weighted by atomic mass is 10.1. The zero-order valence-electron chi connectivity index (χ0n) is 13.1. The largest absolute Gasteiger partial charge is 0.497 e. The molecule has 0 bridgehead atoms. The van der Waals surface area contributed by atoms with Gasteiger partial charge in [-0.15, -0.1) is 0 Å². The first-order chi connectivity index (χ1) is 10.9. The van der Waals surface area contributed by atoms with E-state index < -0.39 is 18.1 Å². The first-order valence-electron chi connectivity index (χ1n) is 7.42. The van der Waals surface area contributed by atoms with Crippen LogP contribution in [0.1, 0.15) is 30.1 Å². The first kappa shape index (κ1) is 16.8. The Hall–Kier alpha value is -2.57. The summed E-state index contributed by atoms with van der Waals surface area (Å²) in [6.07, 6.45) is 1.10. The molecule has 2 rings (SSSR count). The van der Waals surface area contributed by atoms with Gasteiger partial charge in [-0.25, -0.2) is 4.79 Å². The Kier molecular flexibility index (Phi) is 5.20. The van der Waals surface area contributed by atoms with Gasteiger partial charge in [-0.1, -0.05) is 0 Å². The molecule has 1 heterocycles. The van der Waals surface area contributed by atoms with Crippen LogP contribution in [0.25, 0.3) is 0 Å². The Morgan fingerprint density at radius 1 is 1.30 bits per heavy atom. The third kappa shape index (κ3) is 3.80. The van der Waals surface area contributed by atoms with Crippen molar-refractivity contribution < 1.29 is 24.2 Å². The summed E-state index contributed by atoms with van der Waals surface area (Å²) in [4.78, 5) is 37.0. The quantitative estimate of drug-likeness (QED) is 0.840. The highest BCUT2D eigenvalue weighted by Gasteiger charge is 2.36. The van der Waals surface area contributed by atoms with E-state index in [2.05, 4.69) is 5.32 Å². The number of carboxylic acids is 1. The second kappa shape index (κ2) is 7.13. The third-order valence-corrected chi connectivity index (χ3v) is 3.89. The predicted molar refractivity (Wildman–Crippen MR) is 82.3 cm³/mol. The van der Waals surface area contributed by atoms with E-state index in [-0.39, 0.29) is 11.8 Å². The molecule has 1 aliphatic heterocycles. The number of hydrogen-bond acceptors (Lipinski definition) is 4. The van der Waals surface area contributed by atoms with Crippen LogP contribution in [0.2, 0.25) is 0 Å². The van der Waals surface area contributed by atoms with Gasteiger partial charge in [0.2, 0.25) is 5.91 Å². The van der Waals surface area contributed by atoms with Crippen LogP contribution in [0.5, 0.6) is 5.75 Å². The number of carboxylic acid groups (broad SMARTS) is 1.